The van der Waals surface area contributed by atoms with E-state index in [2.05, 4.69) is 26.0 Å². The minimum atomic E-state index is -4.66. The van der Waals surface area contributed by atoms with Crippen molar-refractivity contribution < 1.29 is 27.4 Å². The molecule has 1 saturated carbocycles. The minimum absolute atomic E-state index is 0.108. The number of amides is 1. The number of rotatable bonds is 7. The molecule has 0 N–H and O–H groups in total. The average molecular weight is 579 g/mol. The third-order valence-corrected chi connectivity index (χ3v) is 7.36. The molecule has 0 bridgehead atoms. The number of fused-ring (bicyclic) bond motifs is 1. The molecule has 1 atom stereocenters. The van der Waals surface area contributed by atoms with Crippen LogP contribution in [0.15, 0.2) is 36.7 Å². The lowest BCUT2D eigenvalue weighted by atomic mass is 9.97. The number of carbonyl (C=O) groups is 1. The fourth-order valence-corrected chi connectivity index (χ4v) is 5.15. The highest BCUT2D eigenvalue weighted by Crippen LogP contribution is 2.47. The summed E-state index contributed by atoms with van der Waals surface area (Å²) >= 11 is 3.41. The summed E-state index contributed by atoms with van der Waals surface area (Å²) in [5.74, 6) is 0.732. The molecule has 3 aromatic rings. The number of methoxy groups -OCH3 is 1. The second-order valence-corrected chi connectivity index (χ2v) is 9.71. The van der Waals surface area contributed by atoms with Crippen molar-refractivity contribution in [3.63, 3.8) is 0 Å². The van der Waals surface area contributed by atoms with E-state index in [1.165, 1.54) is 10.9 Å². The van der Waals surface area contributed by atoms with Gasteiger partial charge in [-0.2, -0.15) is 18.3 Å². The molecular weight excluding hydrogens is 553 g/mol. The molecule has 1 amide bonds. The van der Waals surface area contributed by atoms with E-state index in [0.29, 0.717) is 16.6 Å². The highest BCUT2D eigenvalue weighted by molar-refractivity contribution is 9.08. The average Bonchev–Trinajstić information content (AvgIpc) is 3.65. The van der Waals surface area contributed by atoms with Crippen molar-refractivity contribution in [2.75, 3.05) is 20.3 Å². The van der Waals surface area contributed by atoms with E-state index in [9.17, 15) is 18.0 Å². The van der Waals surface area contributed by atoms with Crippen molar-refractivity contribution in [3.8, 4) is 22.6 Å². The molecule has 37 heavy (non-hydrogen) atoms. The van der Waals surface area contributed by atoms with Crippen LogP contribution in [-0.4, -0.2) is 45.8 Å². The van der Waals surface area contributed by atoms with Gasteiger partial charge in [0.05, 0.1) is 31.0 Å². The maximum atomic E-state index is 14.1. The fourth-order valence-electron chi connectivity index (χ4n) is 4.82. The normalized spacial score (nSPS) is 16.7. The predicted octanol–water partition coefficient (Wildman–Crippen LogP) is 5.87. The molecule has 0 radical (unpaired) electrons. The van der Waals surface area contributed by atoms with Gasteiger partial charge in [0, 0.05) is 41.5 Å². The number of halogens is 4. The van der Waals surface area contributed by atoms with Crippen LogP contribution in [-0.2, 0) is 18.1 Å². The SMILES string of the molecule is CCn1cc(-c2cc(CBr)cc3c2OCCN(C(c2cc(OC)ccn2)C2CC2)C3=O)c(C(F)(F)F)n1. The first-order chi connectivity index (χ1) is 17.7. The van der Waals surface area contributed by atoms with Crippen LogP contribution in [0.4, 0.5) is 13.2 Å². The maximum Gasteiger partial charge on any atom is 0.435 e. The van der Waals surface area contributed by atoms with Gasteiger partial charge in [0.15, 0.2) is 5.69 Å². The van der Waals surface area contributed by atoms with Crippen LogP contribution >= 0.6 is 15.9 Å². The molecule has 0 spiro atoms. The van der Waals surface area contributed by atoms with Crippen LogP contribution in [0.2, 0.25) is 0 Å². The van der Waals surface area contributed by atoms with Gasteiger partial charge >= 0.3 is 6.18 Å². The van der Waals surface area contributed by atoms with E-state index < -0.39 is 11.9 Å². The van der Waals surface area contributed by atoms with Crippen molar-refractivity contribution >= 4 is 21.8 Å². The fraction of sp³-hybridized carbons (Fsp3) is 0.423. The number of carbonyl (C=O) groups excluding carboxylic acids is 1. The highest BCUT2D eigenvalue weighted by Gasteiger charge is 2.43. The number of aryl methyl sites for hydroxylation is 1. The van der Waals surface area contributed by atoms with Crippen molar-refractivity contribution in [1.29, 1.82) is 0 Å². The van der Waals surface area contributed by atoms with E-state index in [1.807, 2.05) is 6.07 Å². The first kappa shape index (κ1) is 25.6. The van der Waals surface area contributed by atoms with Gasteiger partial charge < -0.3 is 14.4 Å². The molecule has 3 heterocycles. The third-order valence-electron chi connectivity index (χ3n) is 6.71. The highest BCUT2D eigenvalue weighted by atomic mass is 79.9. The lowest BCUT2D eigenvalue weighted by molar-refractivity contribution is -0.141. The summed E-state index contributed by atoms with van der Waals surface area (Å²) in [6.07, 6.45) is 0.266. The minimum Gasteiger partial charge on any atom is -0.497 e. The van der Waals surface area contributed by atoms with Gasteiger partial charge in [-0.3, -0.25) is 14.5 Å². The van der Waals surface area contributed by atoms with E-state index >= 15 is 0 Å². The number of benzene rings is 1. The van der Waals surface area contributed by atoms with Crippen molar-refractivity contribution in [2.45, 2.75) is 43.9 Å². The van der Waals surface area contributed by atoms with Crippen LogP contribution in [0.25, 0.3) is 11.1 Å². The molecule has 0 saturated heterocycles. The van der Waals surface area contributed by atoms with Gasteiger partial charge in [0.2, 0.25) is 0 Å². The molecular formula is C26H26BrF3N4O3. The summed E-state index contributed by atoms with van der Waals surface area (Å²) < 4.78 is 54.5. The summed E-state index contributed by atoms with van der Waals surface area (Å²) in [5.41, 5.74) is 0.707. The molecule has 1 aliphatic heterocycles. The zero-order chi connectivity index (χ0) is 26.3. The number of nitrogens with zero attached hydrogens (tertiary/aromatic N) is 4. The zero-order valence-electron chi connectivity index (χ0n) is 20.4. The number of aromatic nitrogens is 3. The Morgan fingerprint density at radius 2 is 1.97 bits per heavy atom. The van der Waals surface area contributed by atoms with Gasteiger partial charge in [-0.1, -0.05) is 15.9 Å². The van der Waals surface area contributed by atoms with Gasteiger partial charge in [-0.15, -0.1) is 0 Å². The Hall–Kier alpha value is -3.08. The smallest absolute Gasteiger partial charge is 0.435 e. The second kappa shape index (κ2) is 10.00. The second-order valence-electron chi connectivity index (χ2n) is 9.15. The van der Waals surface area contributed by atoms with Crippen LogP contribution in [0.1, 0.15) is 53.1 Å². The Kier molecular flexibility index (Phi) is 6.91. The van der Waals surface area contributed by atoms with Crippen molar-refractivity contribution in [2.24, 2.45) is 5.92 Å². The Bertz CT molecular complexity index is 1320. The van der Waals surface area contributed by atoms with E-state index in [-0.39, 0.29) is 60.0 Å². The summed E-state index contributed by atoms with van der Waals surface area (Å²) in [6.45, 7) is 2.40. The van der Waals surface area contributed by atoms with E-state index in [0.717, 1.165) is 18.5 Å². The largest absolute Gasteiger partial charge is 0.497 e. The summed E-state index contributed by atoms with van der Waals surface area (Å²) in [5, 5.41) is 4.12. The Labute approximate surface area is 220 Å². The third kappa shape index (κ3) is 4.93. The molecule has 1 fully saturated rings. The Morgan fingerprint density at radius 3 is 2.62 bits per heavy atom. The topological polar surface area (TPSA) is 69.5 Å². The molecule has 2 aromatic heterocycles. The molecule has 11 heteroatoms. The quantitative estimate of drug-likeness (QED) is 0.328. The standard InChI is InChI=1S/C26H26BrF3N4O3/c1-3-33-14-20(24(32-33)26(28,29)30)18-10-15(13-27)11-19-23(18)37-9-8-34(25(19)35)22(16-4-5-16)21-12-17(36-2)6-7-31-21/h6-7,10-12,14,16,22H,3-5,8-9,13H2,1-2H3. The first-order valence-electron chi connectivity index (χ1n) is 12.1. The maximum absolute atomic E-state index is 14.1. The van der Waals surface area contributed by atoms with E-state index in [1.54, 1.807) is 43.3 Å². The molecule has 2 aliphatic rings. The first-order valence-corrected chi connectivity index (χ1v) is 13.2. The van der Waals surface area contributed by atoms with Crippen LogP contribution < -0.4 is 9.47 Å². The van der Waals surface area contributed by atoms with Crippen LogP contribution in [0, 0.1) is 5.92 Å². The molecule has 1 aliphatic carbocycles. The monoisotopic (exact) mass is 578 g/mol. The molecule has 5 rings (SSSR count). The van der Waals surface area contributed by atoms with Gasteiger partial charge in [-0.25, -0.2) is 0 Å². The summed E-state index contributed by atoms with van der Waals surface area (Å²) in [6, 6.07) is 6.61. The number of hydrogen-bond donors (Lipinski definition) is 0. The summed E-state index contributed by atoms with van der Waals surface area (Å²) in [4.78, 5) is 20.3. The molecule has 196 valence electrons. The summed E-state index contributed by atoms with van der Waals surface area (Å²) in [7, 11) is 1.58. The van der Waals surface area contributed by atoms with Crippen molar-refractivity contribution in [1.82, 2.24) is 19.7 Å². The van der Waals surface area contributed by atoms with Crippen LogP contribution in [0.5, 0.6) is 11.5 Å². The predicted molar refractivity (Wildman–Crippen MR) is 134 cm³/mol. The number of ether oxygens (including phenoxy) is 2. The molecule has 1 aromatic carbocycles. The lowest BCUT2D eigenvalue weighted by Gasteiger charge is -2.30. The van der Waals surface area contributed by atoms with Crippen molar-refractivity contribution in [3.05, 3.63) is 59.2 Å². The lowest BCUT2D eigenvalue weighted by Crippen LogP contribution is -2.37. The molecule has 1 unspecified atom stereocenters. The van der Waals surface area contributed by atoms with Gasteiger partial charge in [-0.05, 0) is 49.4 Å². The zero-order valence-corrected chi connectivity index (χ0v) is 22.0. The van der Waals surface area contributed by atoms with Gasteiger partial charge in [0.25, 0.3) is 5.91 Å². The van der Waals surface area contributed by atoms with Crippen LogP contribution in [0.3, 0.4) is 0 Å². The number of alkyl halides is 4. The molecule has 7 nitrogen and oxygen atoms in total. The Morgan fingerprint density at radius 1 is 1.22 bits per heavy atom. The van der Waals surface area contributed by atoms with Gasteiger partial charge in [0.1, 0.15) is 18.1 Å². The number of hydrogen-bond acceptors (Lipinski definition) is 5. The Balaban J connectivity index is 1.63. The number of pyridine rings is 1. The van der Waals surface area contributed by atoms with E-state index in [4.69, 9.17) is 9.47 Å².